The molecule has 1 aliphatic heterocycles. The number of carbonyl (C=O) groups is 2. The Balaban J connectivity index is 1.90. The number of nitrogens with zero attached hydrogens (tertiary/aromatic N) is 1. The Kier molecular flexibility index (Phi) is 5.52. The lowest BCUT2D eigenvalue weighted by Gasteiger charge is -2.28. The van der Waals surface area contributed by atoms with Crippen LogP contribution in [0.4, 0.5) is 4.79 Å². The molecule has 0 unspecified atom stereocenters. The number of allylic oxidation sites excluding steroid dienone is 1. The minimum absolute atomic E-state index is 0.0356. The van der Waals surface area contributed by atoms with Gasteiger partial charge in [-0.2, -0.15) is 0 Å². The first-order valence-electron chi connectivity index (χ1n) is 8.84. The van der Waals surface area contributed by atoms with Crippen molar-refractivity contribution < 1.29 is 14.3 Å². The number of amides is 2. The minimum atomic E-state index is -0.571. The molecular weight excluding hydrogens is 326 g/mol. The number of ether oxygens (including phenoxy) is 1. The second kappa shape index (κ2) is 8.00. The van der Waals surface area contributed by atoms with Crippen LogP contribution in [0.15, 0.2) is 73.3 Å². The third-order valence-electron chi connectivity index (χ3n) is 4.96. The first-order valence-corrected chi connectivity index (χ1v) is 8.84. The van der Waals surface area contributed by atoms with E-state index < -0.39 is 6.09 Å². The zero-order chi connectivity index (χ0) is 18.5. The predicted octanol–water partition coefficient (Wildman–Crippen LogP) is 4.70. The normalized spacial score (nSPS) is 18.9. The van der Waals surface area contributed by atoms with E-state index in [2.05, 4.69) is 6.58 Å². The predicted molar refractivity (Wildman–Crippen MR) is 101 cm³/mol. The summed E-state index contributed by atoms with van der Waals surface area (Å²) in [4.78, 5) is 26.9. The van der Waals surface area contributed by atoms with Crippen LogP contribution in [0, 0.1) is 5.92 Å². The molecule has 0 N–H and O–H groups in total. The van der Waals surface area contributed by atoms with E-state index in [1.54, 1.807) is 6.08 Å². The summed E-state index contributed by atoms with van der Waals surface area (Å²) in [6.07, 6.45) is 1.67. The first kappa shape index (κ1) is 17.9. The van der Waals surface area contributed by atoms with Gasteiger partial charge in [0.25, 0.3) is 0 Å². The van der Waals surface area contributed by atoms with E-state index in [1.165, 1.54) is 4.90 Å². The fourth-order valence-corrected chi connectivity index (χ4v) is 3.45. The summed E-state index contributed by atoms with van der Waals surface area (Å²) in [5, 5.41) is 0. The SMILES string of the molecule is C=CC[C@@H](C(=O)N1C(=O)OC[C@@H]1c1ccccc1)[C@H](C)c1ccccc1. The van der Waals surface area contributed by atoms with Gasteiger partial charge in [-0.25, -0.2) is 9.69 Å². The molecule has 26 heavy (non-hydrogen) atoms. The Labute approximate surface area is 154 Å². The van der Waals surface area contributed by atoms with Gasteiger partial charge >= 0.3 is 6.09 Å². The van der Waals surface area contributed by atoms with Gasteiger partial charge in [-0.1, -0.05) is 73.7 Å². The summed E-state index contributed by atoms with van der Waals surface area (Å²) in [7, 11) is 0. The van der Waals surface area contributed by atoms with Gasteiger partial charge in [0.1, 0.15) is 12.6 Å². The van der Waals surface area contributed by atoms with E-state index in [-0.39, 0.29) is 30.4 Å². The molecule has 0 spiro atoms. The maximum atomic E-state index is 13.3. The molecule has 2 aromatic carbocycles. The fourth-order valence-electron chi connectivity index (χ4n) is 3.45. The highest BCUT2D eigenvalue weighted by molar-refractivity contribution is 5.95. The van der Waals surface area contributed by atoms with Crippen LogP contribution in [0.1, 0.15) is 36.4 Å². The maximum absolute atomic E-state index is 13.3. The highest BCUT2D eigenvalue weighted by Gasteiger charge is 2.42. The largest absolute Gasteiger partial charge is 0.446 e. The number of hydrogen-bond donors (Lipinski definition) is 0. The van der Waals surface area contributed by atoms with Gasteiger partial charge in [0, 0.05) is 5.92 Å². The van der Waals surface area contributed by atoms with Crippen molar-refractivity contribution in [3.8, 4) is 0 Å². The van der Waals surface area contributed by atoms with E-state index in [0.29, 0.717) is 6.42 Å². The molecule has 0 aliphatic carbocycles. The van der Waals surface area contributed by atoms with Gasteiger partial charge in [0.15, 0.2) is 0 Å². The molecule has 2 aromatic rings. The van der Waals surface area contributed by atoms with E-state index in [1.807, 2.05) is 67.6 Å². The lowest BCUT2D eigenvalue weighted by Crippen LogP contribution is -2.40. The third kappa shape index (κ3) is 3.54. The van der Waals surface area contributed by atoms with E-state index in [0.717, 1.165) is 11.1 Å². The average molecular weight is 349 g/mol. The lowest BCUT2D eigenvalue weighted by atomic mass is 9.84. The van der Waals surface area contributed by atoms with Crippen LogP contribution in [0.3, 0.4) is 0 Å². The quantitative estimate of drug-likeness (QED) is 0.710. The highest BCUT2D eigenvalue weighted by Crippen LogP contribution is 2.34. The zero-order valence-corrected chi connectivity index (χ0v) is 14.9. The summed E-state index contributed by atoms with van der Waals surface area (Å²) >= 11 is 0. The molecule has 0 radical (unpaired) electrons. The van der Waals surface area contributed by atoms with Crippen LogP contribution in [0.5, 0.6) is 0 Å². The van der Waals surface area contributed by atoms with Crippen LogP contribution < -0.4 is 0 Å². The summed E-state index contributed by atoms with van der Waals surface area (Å²) < 4.78 is 5.21. The topological polar surface area (TPSA) is 46.6 Å². The van der Waals surface area contributed by atoms with E-state index >= 15 is 0 Å². The number of cyclic esters (lactones) is 1. The van der Waals surface area contributed by atoms with Gasteiger partial charge in [-0.3, -0.25) is 4.79 Å². The second-order valence-corrected chi connectivity index (χ2v) is 6.54. The number of rotatable bonds is 6. The minimum Gasteiger partial charge on any atom is -0.446 e. The standard InChI is InChI=1S/C22H23NO3/c1-3-10-19(16(2)17-11-6-4-7-12-17)21(24)23-20(15-26-22(23)25)18-13-8-5-9-14-18/h3-9,11-14,16,19-20H,1,10,15H2,2H3/t16-,19-,20-/m1/s1. The first-order chi connectivity index (χ1) is 12.6. The number of imide groups is 1. The van der Waals surface area contributed by atoms with Crippen molar-refractivity contribution in [2.75, 3.05) is 6.61 Å². The molecule has 134 valence electrons. The number of benzene rings is 2. The average Bonchev–Trinajstić information content (AvgIpc) is 3.08. The van der Waals surface area contributed by atoms with Crippen LogP contribution in [0.25, 0.3) is 0 Å². The van der Waals surface area contributed by atoms with Crippen LogP contribution in [0.2, 0.25) is 0 Å². The smallest absolute Gasteiger partial charge is 0.417 e. The van der Waals surface area contributed by atoms with Crippen molar-refractivity contribution in [2.24, 2.45) is 5.92 Å². The van der Waals surface area contributed by atoms with Crippen molar-refractivity contribution in [3.63, 3.8) is 0 Å². The third-order valence-corrected chi connectivity index (χ3v) is 4.96. The Morgan fingerprint density at radius 2 is 1.81 bits per heavy atom. The van der Waals surface area contributed by atoms with Gasteiger partial charge < -0.3 is 4.74 Å². The molecule has 4 nitrogen and oxygen atoms in total. The Hall–Kier alpha value is -2.88. The molecule has 3 atom stereocenters. The fraction of sp³-hybridized carbons (Fsp3) is 0.273. The molecular formula is C22H23NO3. The maximum Gasteiger partial charge on any atom is 0.417 e. The number of hydrogen-bond acceptors (Lipinski definition) is 3. The van der Waals surface area contributed by atoms with E-state index in [9.17, 15) is 9.59 Å². The van der Waals surface area contributed by atoms with Gasteiger partial charge in [0.2, 0.25) is 5.91 Å². The monoisotopic (exact) mass is 349 g/mol. The Morgan fingerprint density at radius 1 is 1.19 bits per heavy atom. The molecule has 3 rings (SSSR count). The van der Waals surface area contributed by atoms with Crippen molar-refractivity contribution in [2.45, 2.75) is 25.3 Å². The molecule has 1 saturated heterocycles. The van der Waals surface area contributed by atoms with E-state index in [4.69, 9.17) is 4.74 Å². The molecule has 1 heterocycles. The van der Waals surface area contributed by atoms with Crippen LogP contribution in [-0.2, 0) is 9.53 Å². The molecule has 1 aliphatic rings. The lowest BCUT2D eigenvalue weighted by molar-refractivity contribution is -0.134. The van der Waals surface area contributed by atoms with Crippen LogP contribution in [-0.4, -0.2) is 23.5 Å². The molecule has 0 bridgehead atoms. The molecule has 1 fully saturated rings. The van der Waals surface area contributed by atoms with Gasteiger partial charge in [0.05, 0.1) is 0 Å². The highest BCUT2D eigenvalue weighted by atomic mass is 16.6. The van der Waals surface area contributed by atoms with Crippen molar-refractivity contribution >= 4 is 12.0 Å². The van der Waals surface area contributed by atoms with Crippen molar-refractivity contribution in [3.05, 3.63) is 84.4 Å². The van der Waals surface area contributed by atoms with Gasteiger partial charge in [-0.15, -0.1) is 6.58 Å². The van der Waals surface area contributed by atoms with Crippen molar-refractivity contribution in [1.29, 1.82) is 0 Å². The van der Waals surface area contributed by atoms with Gasteiger partial charge in [-0.05, 0) is 23.5 Å². The summed E-state index contributed by atoms with van der Waals surface area (Å²) in [5.74, 6) is -0.615. The summed E-state index contributed by atoms with van der Waals surface area (Å²) in [5.41, 5.74) is 1.97. The second-order valence-electron chi connectivity index (χ2n) is 6.54. The Morgan fingerprint density at radius 3 is 2.42 bits per heavy atom. The van der Waals surface area contributed by atoms with Crippen molar-refractivity contribution in [1.82, 2.24) is 4.90 Å². The summed E-state index contributed by atoms with van der Waals surface area (Å²) in [6.45, 7) is 6.00. The molecule has 0 saturated carbocycles. The molecule has 0 aromatic heterocycles. The molecule has 2 amide bonds. The molecule has 4 heteroatoms. The number of carbonyl (C=O) groups excluding carboxylic acids is 2. The zero-order valence-electron chi connectivity index (χ0n) is 14.9. The van der Waals surface area contributed by atoms with Crippen LogP contribution >= 0.6 is 0 Å². The Bertz CT molecular complexity index is 772. The summed E-state index contributed by atoms with van der Waals surface area (Å²) in [6, 6.07) is 19.0.